The zero-order valence-electron chi connectivity index (χ0n) is 11.8. The number of aromatic hydroxyl groups is 1. The number of amides is 2. The predicted molar refractivity (Wildman–Crippen MR) is 101 cm³/mol. The van der Waals surface area contributed by atoms with E-state index in [1.807, 2.05) is 28.7 Å². The Balaban J connectivity index is 1.63. The van der Waals surface area contributed by atoms with Crippen LogP contribution in [-0.2, 0) is 9.59 Å². The summed E-state index contributed by atoms with van der Waals surface area (Å²) in [5, 5.41) is 15.2. The molecule has 118 valence electrons. The van der Waals surface area contributed by atoms with E-state index in [9.17, 15) is 14.7 Å². The van der Waals surface area contributed by atoms with Gasteiger partial charge < -0.3 is 5.11 Å². The summed E-state index contributed by atoms with van der Waals surface area (Å²) in [5.41, 5.74) is 0.500. The third kappa shape index (κ3) is 2.34. The Morgan fingerprint density at radius 3 is 2.35 bits per heavy atom. The van der Waals surface area contributed by atoms with Crippen LogP contribution in [0.15, 0.2) is 29.4 Å². The molecule has 4 atom stereocenters. The average Bonchev–Trinajstić information content (AvgIpc) is 3.17. The highest BCUT2D eigenvalue weighted by Gasteiger charge is 2.59. The fraction of sp³-hybridized carbons (Fsp3) is 0.312. The van der Waals surface area contributed by atoms with Crippen LogP contribution < -0.4 is 0 Å². The summed E-state index contributed by atoms with van der Waals surface area (Å²) in [5.74, 6) is -0.474. The molecule has 1 saturated heterocycles. The number of halogens is 2. The molecule has 3 aliphatic rings. The third-order valence-electron chi connectivity index (χ3n) is 4.82. The maximum Gasteiger partial charge on any atom is 0.254 e. The second-order valence-corrected chi connectivity index (χ2v) is 8.47. The van der Waals surface area contributed by atoms with E-state index in [0.717, 1.165) is 15.0 Å². The highest BCUT2D eigenvalue weighted by atomic mass is 127. The Bertz CT molecular complexity index is 760. The van der Waals surface area contributed by atoms with Gasteiger partial charge in [0.1, 0.15) is 5.75 Å². The molecule has 1 aromatic rings. The number of phenols is 1. The lowest BCUT2D eigenvalue weighted by atomic mass is 9.85. The van der Waals surface area contributed by atoms with E-state index >= 15 is 0 Å². The highest BCUT2D eigenvalue weighted by molar-refractivity contribution is 14.1. The molecule has 0 unspecified atom stereocenters. The summed E-state index contributed by atoms with van der Waals surface area (Å²) in [6.45, 7) is 0. The van der Waals surface area contributed by atoms with E-state index in [1.165, 1.54) is 6.21 Å². The maximum atomic E-state index is 12.5. The quantitative estimate of drug-likeness (QED) is 0.275. The van der Waals surface area contributed by atoms with Crippen LogP contribution >= 0.6 is 45.2 Å². The lowest BCUT2D eigenvalue weighted by molar-refractivity contribution is -0.140. The average molecular weight is 534 g/mol. The molecule has 5 nitrogen and oxygen atoms in total. The zero-order chi connectivity index (χ0) is 16.3. The van der Waals surface area contributed by atoms with Gasteiger partial charge in [0, 0.05) is 9.13 Å². The van der Waals surface area contributed by atoms with Crippen LogP contribution in [-0.4, -0.2) is 28.1 Å². The summed E-state index contributed by atoms with van der Waals surface area (Å²) in [7, 11) is 0. The molecule has 1 N–H and O–H groups in total. The van der Waals surface area contributed by atoms with Gasteiger partial charge >= 0.3 is 0 Å². The van der Waals surface area contributed by atoms with Crippen molar-refractivity contribution in [3.8, 4) is 5.75 Å². The smallest absolute Gasteiger partial charge is 0.254 e. The van der Waals surface area contributed by atoms with Crippen molar-refractivity contribution in [2.45, 2.75) is 6.42 Å². The minimum absolute atomic E-state index is 0.107. The summed E-state index contributed by atoms with van der Waals surface area (Å²) >= 11 is 4.18. The van der Waals surface area contributed by atoms with E-state index < -0.39 is 0 Å². The number of hydrogen-bond donors (Lipinski definition) is 1. The monoisotopic (exact) mass is 534 g/mol. The summed E-state index contributed by atoms with van der Waals surface area (Å²) < 4.78 is 1.65. The number of nitrogens with zero attached hydrogens (tertiary/aromatic N) is 2. The van der Waals surface area contributed by atoms with Crippen molar-refractivity contribution < 1.29 is 14.7 Å². The second kappa shape index (κ2) is 5.54. The molecule has 0 aromatic heterocycles. The van der Waals surface area contributed by atoms with Crippen molar-refractivity contribution in [2.24, 2.45) is 28.8 Å². The third-order valence-corrected chi connectivity index (χ3v) is 6.26. The number of carbonyl (C=O) groups is 2. The molecule has 1 aromatic carbocycles. The van der Waals surface area contributed by atoms with Crippen molar-refractivity contribution >= 4 is 63.2 Å². The molecule has 0 radical (unpaired) electrons. The Morgan fingerprint density at radius 2 is 1.74 bits per heavy atom. The van der Waals surface area contributed by atoms with Gasteiger partial charge in [-0.3, -0.25) is 9.59 Å². The molecular weight excluding hydrogens is 522 g/mol. The number of phenolic OH excluding ortho intramolecular Hbond substituents is 1. The molecule has 2 fully saturated rings. The predicted octanol–water partition coefficient (Wildman–Crippen LogP) is 2.74. The molecule has 2 aliphatic carbocycles. The Hall–Kier alpha value is -0.970. The van der Waals surface area contributed by atoms with Crippen molar-refractivity contribution in [2.75, 3.05) is 0 Å². The maximum absolute atomic E-state index is 12.5. The molecule has 2 bridgehead atoms. The molecule has 4 rings (SSSR count). The second-order valence-electron chi connectivity index (χ2n) is 6.06. The molecule has 1 saturated carbocycles. The van der Waals surface area contributed by atoms with Crippen LogP contribution in [0.3, 0.4) is 0 Å². The van der Waals surface area contributed by atoms with Crippen LogP contribution in [0.5, 0.6) is 5.75 Å². The normalized spacial score (nSPS) is 31.7. The number of allylic oxidation sites excluding steroid dienone is 2. The number of hydrazone groups is 1. The summed E-state index contributed by atoms with van der Waals surface area (Å²) in [6, 6.07) is 3.60. The Kier molecular flexibility index (Phi) is 3.74. The first-order valence-corrected chi connectivity index (χ1v) is 9.41. The lowest BCUT2D eigenvalue weighted by Crippen LogP contribution is -2.28. The minimum Gasteiger partial charge on any atom is -0.506 e. The number of benzene rings is 1. The number of imide groups is 1. The molecule has 1 aliphatic heterocycles. The molecular formula is C16H12I2N2O3. The number of fused-ring (bicyclic) bond motifs is 5. The number of carbonyl (C=O) groups excluding carboxylic acids is 2. The van der Waals surface area contributed by atoms with E-state index in [4.69, 9.17) is 0 Å². The van der Waals surface area contributed by atoms with Gasteiger partial charge in [-0.25, -0.2) is 0 Å². The highest BCUT2D eigenvalue weighted by Crippen LogP contribution is 2.52. The van der Waals surface area contributed by atoms with Crippen LogP contribution in [0.4, 0.5) is 0 Å². The SMILES string of the molecule is O=C1[C@H]2[C@H](C(=O)N1/N=C\c1cc(I)cc(I)c1O)[C@H]1C=C[C@H]2C1. The number of hydrogen-bond acceptors (Lipinski definition) is 4. The largest absolute Gasteiger partial charge is 0.506 e. The lowest BCUT2D eigenvalue weighted by Gasteiger charge is -2.13. The molecule has 7 heteroatoms. The van der Waals surface area contributed by atoms with Gasteiger partial charge in [0.15, 0.2) is 0 Å². The minimum atomic E-state index is -0.251. The van der Waals surface area contributed by atoms with Gasteiger partial charge in [-0.15, -0.1) is 0 Å². The van der Waals surface area contributed by atoms with Crippen LogP contribution in [0.2, 0.25) is 0 Å². The fourth-order valence-corrected chi connectivity index (χ4v) is 5.69. The van der Waals surface area contributed by atoms with Crippen LogP contribution in [0.25, 0.3) is 0 Å². The standard InChI is InChI=1S/C16H12I2N2O3/c17-10-4-9(14(21)11(18)5-10)6-19-20-15(22)12-7-1-2-8(3-7)13(12)16(20)23/h1-2,4-8,12-13,21H,3H2/b19-6-/t7-,8-,12+,13+/m0/s1. The van der Waals surface area contributed by atoms with Crippen molar-refractivity contribution in [3.63, 3.8) is 0 Å². The van der Waals surface area contributed by atoms with Gasteiger partial charge in [-0.1, -0.05) is 12.2 Å². The van der Waals surface area contributed by atoms with Gasteiger partial charge in [-0.2, -0.15) is 10.1 Å². The van der Waals surface area contributed by atoms with E-state index in [1.54, 1.807) is 6.07 Å². The van der Waals surface area contributed by atoms with Crippen LogP contribution in [0.1, 0.15) is 12.0 Å². The topological polar surface area (TPSA) is 70.0 Å². The van der Waals surface area contributed by atoms with Crippen molar-refractivity contribution in [1.29, 1.82) is 0 Å². The summed E-state index contributed by atoms with van der Waals surface area (Å²) in [4.78, 5) is 25.0. The summed E-state index contributed by atoms with van der Waals surface area (Å²) in [6.07, 6.45) is 6.40. The molecule has 2 amide bonds. The van der Waals surface area contributed by atoms with Crippen LogP contribution in [0, 0.1) is 30.8 Å². The fourth-order valence-electron chi connectivity index (χ4n) is 3.80. The van der Waals surface area contributed by atoms with Gasteiger partial charge in [0.2, 0.25) is 0 Å². The Morgan fingerprint density at radius 1 is 1.13 bits per heavy atom. The Labute approximate surface area is 160 Å². The first-order chi connectivity index (χ1) is 11.0. The molecule has 1 heterocycles. The zero-order valence-corrected chi connectivity index (χ0v) is 16.1. The first-order valence-electron chi connectivity index (χ1n) is 7.25. The molecule has 0 spiro atoms. The van der Waals surface area contributed by atoms with Gasteiger partial charge in [0.25, 0.3) is 11.8 Å². The van der Waals surface area contributed by atoms with Gasteiger partial charge in [-0.05, 0) is 75.6 Å². The van der Waals surface area contributed by atoms with E-state index in [-0.39, 0.29) is 41.2 Å². The van der Waals surface area contributed by atoms with E-state index in [2.05, 4.69) is 39.8 Å². The molecule has 23 heavy (non-hydrogen) atoms. The number of rotatable bonds is 2. The van der Waals surface area contributed by atoms with E-state index in [0.29, 0.717) is 9.13 Å². The van der Waals surface area contributed by atoms with Gasteiger partial charge in [0.05, 0.1) is 21.6 Å². The van der Waals surface area contributed by atoms with Crippen molar-refractivity contribution in [3.05, 3.63) is 37.0 Å². The first kappa shape index (κ1) is 15.6. The van der Waals surface area contributed by atoms with Crippen molar-refractivity contribution in [1.82, 2.24) is 5.01 Å².